The van der Waals surface area contributed by atoms with E-state index in [0.717, 1.165) is 12.2 Å². The standard InChI is InChI=1S/C19H21ClN2O2/c1-24-18-9-6-15(20)12-17(18)19(23)21-16-7-4-14(5-8-16)13-22-10-2-3-11-22/h4-9,12H,2-3,10-11,13H2,1H3,(H,21,23). The van der Waals surface area contributed by atoms with Crippen molar-refractivity contribution in [2.45, 2.75) is 19.4 Å². The van der Waals surface area contributed by atoms with Gasteiger partial charge in [-0.2, -0.15) is 0 Å². The molecule has 0 aromatic heterocycles. The van der Waals surface area contributed by atoms with Crippen LogP contribution in [-0.4, -0.2) is 31.0 Å². The van der Waals surface area contributed by atoms with Crippen molar-refractivity contribution in [2.24, 2.45) is 0 Å². The first kappa shape index (κ1) is 16.8. The molecular weight excluding hydrogens is 324 g/mol. The minimum Gasteiger partial charge on any atom is -0.496 e. The van der Waals surface area contributed by atoms with Crippen LogP contribution in [0.3, 0.4) is 0 Å². The first-order valence-electron chi connectivity index (χ1n) is 8.12. The molecule has 2 aromatic rings. The fourth-order valence-electron chi connectivity index (χ4n) is 2.95. The molecule has 2 aromatic carbocycles. The van der Waals surface area contributed by atoms with Crippen LogP contribution in [0.2, 0.25) is 5.02 Å². The lowest BCUT2D eigenvalue weighted by Crippen LogP contribution is -2.18. The largest absolute Gasteiger partial charge is 0.496 e. The van der Waals surface area contributed by atoms with Gasteiger partial charge in [-0.1, -0.05) is 23.7 Å². The van der Waals surface area contributed by atoms with Gasteiger partial charge in [0.25, 0.3) is 5.91 Å². The van der Waals surface area contributed by atoms with Crippen LogP contribution in [0.5, 0.6) is 5.75 Å². The minimum atomic E-state index is -0.235. The van der Waals surface area contributed by atoms with E-state index >= 15 is 0 Å². The number of amides is 1. The average molecular weight is 345 g/mol. The number of rotatable bonds is 5. The monoisotopic (exact) mass is 344 g/mol. The summed E-state index contributed by atoms with van der Waals surface area (Å²) in [6.07, 6.45) is 2.57. The van der Waals surface area contributed by atoms with Crippen molar-refractivity contribution in [3.05, 3.63) is 58.6 Å². The summed E-state index contributed by atoms with van der Waals surface area (Å²) in [6.45, 7) is 3.32. The van der Waals surface area contributed by atoms with Crippen molar-refractivity contribution in [2.75, 3.05) is 25.5 Å². The molecule has 1 N–H and O–H groups in total. The zero-order valence-electron chi connectivity index (χ0n) is 13.7. The number of nitrogens with one attached hydrogen (secondary N) is 1. The number of carbonyl (C=O) groups is 1. The third kappa shape index (κ3) is 4.08. The van der Waals surface area contributed by atoms with Gasteiger partial charge in [0, 0.05) is 17.3 Å². The molecule has 0 saturated carbocycles. The molecule has 3 rings (SSSR count). The van der Waals surface area contributed by atoms with Crippen LogP contribution >= 0.6 is 11.6 Å². The number of hydrogen-bond donors (Lipinski definition) is 1. The molecule has 1 aliphatic heterocycles. The highest BCUT2D eigenvalue weighted by Gasteiger charge is 2.14. The van der Waals surface area contributed by atoms with Crippen molar-refractivity contribution in [3.63, 3.8) is 0 Å². The van der Waals surface area contributed by atoms with Crippen molar-refractivity contribution in [1.29, 1.82) is 0 Å². The summed E-state index contributed by atoms with van der Waals surface area (Å²) < 4.78 is 5.23. The van der Waals surface area contributed by atoms with Gasteiger partial charge in [-0.25, -0.2) is 0 Å². The van der Waals surface area contributed by atoms with E-state index in [9.17, 15) is 4.79 Å². The molecule has 0 unspecified atom stereocenters. The van der Waals surface area contributed by atoms with E-state index in [1.54, 1.807) is 18.2 Å². The van der Waals surface area contributed by atoms with E-state index in [1.807, 2.05) is 12.1 Å². The molecule has 0 radical (unpaired) electrons. The van der Waals surface area contributed by atoms with Crippen molar-refractivity contribution < 1.29 is 9.53 Å². The predicted molar refractivity (Wildman–Crippen MR) is 96.9 cm³/mol. The molecular formula is C19H21ClN2O2. The predicted octanol–water partition coefficient (Wildman–Crippen LogP) is 4.20. The molecule has 0 aliphatic carbocycles. The maximum absolute atomic E-state index is 12.5. The van der Waals surface area contributed by atoms with Crippen LogP contribution in [0.1, 0.15) is 28.8 Å². The first-order chi connectivity index (χ1) is 11.7. The maximum Gasteiger partial charge on any atom is 0.259 e. The topological polar surface area (TPSA) is 41.6 Å². The third-order valence-corrected chi connectivity index (χ3v) is 4.46. The Morgan fingerprint density at radius 1 is 1.17 bits per heavy atom. The Balaban J connectivity index is 1.67. The van der Waals surface area contributed by atoms with Gasteiger partial charge in [-0.3, -0.25) is 9.69 Å². The quantitative estimate of drug-likeness (QED) is 0.884. The number of benzene rings is 2. The average Bonchev–Trinajstić information content (AvgIpc) is 3.09. The summed E-state index contributed by atoms with van der Waals surface area (Å²) in [7, 11) is 1.53. The molecule has 1 amide bonds. The van der Waals surface area contributed by atoms with E-state index in [1.165, 1.54) is 38.6 Å². The number of ether oxygens (including phenoxy) is 1. The number of likely N-dealkylation sites (tertiary alicyclic amines) is 1. The second-order valence-corrected chi connectivity index (χ2v) is 6.42. The first-order valence-corrected chi connectivity index (χ1v) is 8.50. The van der Waals surface area contributed by atoms with Gasteiger partial charge in [-0.15, -0.1) is 0 Å². The van der Waals surface area contributed by atoms with E-state index in [-0.39, 0.29) is 5.91 Å². The summed E-state index contributed by atoms with van der Waals surface area (Å²) in [5.74, 6) is 0.268. The Morgan fingerprint density at radius 2 is 1.88 bits per heavy atom. The molecule has 5 heteroatoms. The lowest BCUT2D eigenvalue weighted by Gasteiger charge is -2.15. The molecule has 24 heavy (non-hydrogen) atoms. The van der Waals surface area contributed by atoms with E-state index in [2.05, 4.69) is 22.3 Å². The molecule has 0 atom stereocenters. The smallest absolute Gasteiger partial charge is 0.259 e. The van der Waals surface area contributed by atoms with Gasteiger partial charge in [-0.05, 0) is 61.8 Å². The third-order valence-electron chi connectivity index (χ3n) is 4.22. The number of hydrogen-bond acceptors (Lipinski definition) is 3. The number of carbonyl (C=O) groups excluding carboxylic acids is 1. The van der Waals surface area contributed by atoms with Crippen LogP contribution in [0.25, 0.3) is 0 Å². The van der Waals surface area contributed by atoms with E-state index in [4.69, 9.17) is 16.3 Å². The summed E-state index contributed by atoms with van der Waals surface area (Å²) in [5.41, 5.74) is 2.44. The number of anilines is 1. The summed E-state index contributed by atoms with van der Waals surface area (Å²) >= 11 is 5.98. The molecule has 1 aliphatic rings. The zero-order chi connectivity index (χ0) is 16.9. The maximum atomic E-state index is 12.5. The van der Waals surface area contributed by atoms with Gasteiger partial charge in [0.1, 0.15) is 5.75 Å². The molecule has 4 nitrogen and oxygen atoms in total. The Morgan fingerprint density at radius 3 is 2.54 bits per heavy atom. The van der Waals surface area contributed by atoms with Gasteiger partial charge in [0.2, 0.25) is 0 Å². The minimum absolute atomic E-state index is 0.235. The van der Waals surface area contributed by atoms with Crippen LogP contribution in [0, 0.1) is 0 Å². The fourth-order valence-corrected chi connectivity index (χ4v) is 3.12. The Kier molecular flexibility index (Phi) is 5.38. The van der Waals surface area contributed by atoms with Crippen LogP contribution in [0.15, 0.2) is 42.5 Å². The molecule has 1 saturated heterocycles. The summed E-state index contributed by atoms with van der Waals surface area (Å²) in [5, 5.41) is 3.39. The van der Waals surface area contributed by atoms with Gasteiger partial charge < -0.3 is 10.1 Å². The van der Waals surface area contributed by atoms with Crippen LogP contribution < -0.4 is 10.1 Å². The molecule has 1 fully saturated rings. The van der Waals surface area contributed by atoms with Crippen LogP contribution in [-0.2, 0) is 6.54 Å². The second-order valence-electron chi connectivity index (χ2n) is 5.98. The Hall–Kier alpha value is -2.04. The highest BCUT2D eigenvalue weighted by molar-refractivity contribution is 6.31. The van der Waals surface area contributed by atoms with Crippen LogP contribution in [0.4, 0.5) is 5.69 Å². The van der Waals surface area contributed by atoms with E-state index in [0.29, 0.717) is 16.3 Å². The second kappa shape index (κ2) is 7.69. The number of halogens is 1. The number of nitrogens with zero attached hydrogens (tertiary/aromatic N) is 1. The SMILES string of the molecule is COc1ccc(Cl)cc1C(=O)Nc1ccc(CN2CCCC2)cc1. The molecule has 1 heterocycles. The highest BCUT2D eigenvalue weighted by atomic mass is 35.5. The molecule has 0 spiro atoms. The Bertz CT molecular complexity index is 710. The highest BCUT2D eigenvalue weighted by Crippen LogP contribution is 2.24. The summed E-state index contributed by atoms with van der Waals surface area (Å²) in [4.78, 5) is 14.9. The molecule has 0 bridgehead atoms. The Labute approximate surface area is 147 Å². The molecule has 126 valence electrons. The number of methoxy groups -OCH3 is 1. The lowest BCUT2D eigenvalue weighted by atomic mass is 10.1. The van der Waals surface area contributed by atoms with Gasteiger partial charge in [0.05, 0.1) is 12.7 Å². The summed E-state index contributed by atoms with van der Waals surface area (Å²) in [6, 6.07) is 13.0. The van der Waals surface area contributed by atoms with Crippen molar-refractivity contribution >= 4 is 23.2 Å². The van der Waals surface area contributed by atoms with E-state index < -0.39 is 0 Å². The zero-order valence-corrected chi connectivity index (χ0v) is 14.5. The normalized spacial score (nSPS) is 14.6. The van der Waals surface area contributed by atoms with Crippen molar-refractivity contribution in [3.8, 4) is 5.75 Å². The lowest BCUT2D eigenvalue weighted by molar-refractivity contribution is 0.102. The van der Waals surface area contributed by atoms with Gasteiger partial charge in [0.15, 0.2) is 0 Å². The van der Waals surface area contributed by atoms with Gasteiger partial charge >= 0.3 is 0 Å². The van der Waals surface area contributed by atoms with Crippen molar-refractivity contribution in [1.82, 2.24) is 4.90 Å². The fraction of sp³-hybridized carbons (Fsp3) is 0.316.